The van der Waals surface area contributed by atoms with Crippen molar-refractivity contribution in [3.63, 3.8) is 0 Å². The fraction of sp³-hybridized carbons (Fsp3) is 0. The van der Waals surface area contributed by atoms with E-state index in [-0.39, 0.29) is 5.57 Å². The van der Waals surface area contributed by atoms with Gasteiger partial charge in [-0.15, -0.1) is 11.3 Å². The van der Waals surface area contributed by atoms with Crippen LogP contribution in [-0.4, -0.2) is 30.8 Å². The average molecular weight is 412 g/mol. The molecule has 2 N–H and O–H groups in total. The number of aliphatic carboxylic acids is 1. The van der Waals surface area contributed by atoms with Crippen molar-refractivity contribution in [1.29, 1.82) is 0 Å². The first-order valence-electron chi connectivity index (χ1n) is 9.28. The van der Waals surface area contributed by atoms with Gasteiger partial charge < -0.3 is 10.1 Å². The molecule has 3 aromatic heterocycles. The molecule has 0 fully saturated rings. The van der Waals surface area contributed by atoms with Crippen LogP contribution < -0.4 is 0 Å². The van der Waals surface area contributed by atoms with Gasteiger partial charge in [-0.2, -0.15) is 5.10 Å². The lowest BCUT2D eigenvalue weighted by atomic mass is 10.1. The van der Waals surface area contributed by atoms with Crippen molar-refractivity contribution in [2.45, 2.75) is 0 Å². The SMILES string of the molecule is O=C(O)C(=Cc1cn(-c2ccccc2)nc1-c1cccs1)c1nc2ccccc2[nH]1. The minimum atomic E-state index is -1.06. The Bertz CT molecular complexity index is 1330. The molecule has 3 heterocycles. The maximum absolute atomic E-state index is 12.1. The number of nitrogens with zero attached hydrogens (tertiary/aromatic N) is 3. The van der Waals surface area contributed by atoms with Crippen molar-refractivity contribution in [3.05, 3.63) is 89.7 Å². The van der Waals surface area contributed by atoms with Crippen molar-refractivity contribution in [2.75, 3.05) is 0 Å². The average Bonchev–Trinajstić information content (AvgIpc) is 3.51. The van der Waals surface area contributed by atoms with Gasteiger partial charge in [0.1, 0.15) is 17.1 Å². The van der Waals surface area contributed by atoms with E-state index in [1.54, 1.807) is 22.1 Å². The lowest BCUT2D eigenvalue weighted by molar-refractivity contribution is -0.130. The second-order valence-corrected chi connectivity index (χ2v) is 7.60. The number of thiophene rings is 1. The molecule has 6 nitrogen and oxygen atoms in total. The summed E-state index contributed by atoms with van der Waals surface area (Å²) in [5.74, 6) is -0.744. The minimum absolute atomic E-state index is 0.0802. The number of benzene rings is 2. The number of para-hydroxylation sites is 3. The molecule has 0 amide bonds. The number of aromatic amines is 1. The van der Waals surface area contributed by atoms with E-state index in [1.165, 1.54) is 0 Å². The summed E-state index contributed by atoms with van der Waals surface area (Å²) in [6, 6.07) is 21.1. The monoisotopic (exact) mass is 412 g/mol. The molecule has 2 aromatic carbocycles. The largest absolute Gasteiger partial charge is 0.478 e. The molecule has 0 saturated heterocycles. The molecule has 0 aliphatic carbocycles. The summed E-state index contributed by atoms with van der Waals surface area (Å²) in [5, 5.41) is 16.6. The molecular weight excluding hydrogens is 396 g/mol. The zero-order chi connectivity index (χ0) is 20.5. The summed E-state index contributed by atoms with van der Waals surface area (Å²) in [4.78, 5) is 20.6. The number of rotatable bonds is 5. The summed E-state index contributed by atoms with van der Waals surface area (Å²) >= 11 is 1.56. The predicted octanol–water partition coefficient (Wildman–Crippen LogP) is 5.10. The highest BCUT2D eigenvalue weighted by Gasteiger charge is 2.19. The summed E-state index contributed by atoms with van der Waals surface area (Å²) in [7, 11) is 0. The topological polar surface area (TPSA) is 83.8 Å². The van der Waals surface area contributed by atoms with Crippen LogP contribution in [0.2, 0.25) is 0 Å². The van der Waals surface area contributed by atoms with Gasteiger partial charge >= 0.3 is 5.97 Å². The number of aromatic nitrogens is 4. The Balaban J connectivity index is 1.68. The Kier molecular flexibility index (Phi) is 4.49. The molecule has 0 aliphatic rings. The van der Waals surface area contributed by atoms with Crippen LogP contribution in [-0.2, 0) is 4.79 Å². The lowest BCUT2D eigenvalue weighted by Gasteiger charge is -1.99. The van der Waals surface area contributed by atoms with Gasteiger partial charge in [-0.3, -0.25) is 0 Å². The van der Waals surface area contributed by atoms with Gasteiger partial charge in [-0.1, -0.05) is 36.4 Å². The number of hydrogen-bond donors (Lipinski definition) is 2. The van der Waals surface area contributed by atoms with Crippen molar-refractivity contribution in [3.8, 4) is 16.3 Å². The smallest absolute Gasteiger partial charge is 0.339 e. The highest BCUT2D eigenvalue weighted by atomic mass is 32.1. The first kappa shape index (κ1) is 18.1. The Morgan fingerprint density at radius 3 is 2.57 bits per heavy atom. The Hall–Kier alpha value is -3.97. The summed E-state index contributed by atoms with van der Waals surface area (Å²) in [5.41, 5.74) is 3.92. The third-order valence-electron chi connectivity index (χ3n) is 4.69. The van der Waals surface area contributed by atoms with Gasteiger partial charge in [-0.05, 0) is 41.8 Å². The number of carboxylic acid groups (broad SMARTS) is 1. The minimum Gasteiger partial charge on any atom is -0.478 e. The summed E-state index contributed by atoms with van der Waals surface area (Å²) in [6.07, 6.45) is 3.47. The Morgan fingerprint density at radius 2 is 1.83 bits per heavy atom. The normalized spacial score (nSPS) is 11.8. The summed E-state index contributed by atoms with van der Waals surface area (Å²) in [6.45, 7) is 0. The molecule has 7 heteroatoms. The second kappa shape index (κ2) is 7.46. The maximum atomic E-state index is 12.1. The van der Waals surface area contributed by atoms with Gasteiger partial charge in [0, 0.05) is 11.8 Å². The van der Waals surface area contributed by atoms with Gasteiger partial charge in [0.05, 0.1) is 21.6 Å². The molecule has 0 bridgehead atoms. The fourth-order valence-corrected chi connectivity index (χ4v) is 4.01. The maximum Gasteiger partial charge on any atom is 0.339 e. The molecule has 0 unspecified atom stereocenters. The number of nitrogens with one attached hydrogen (secondary N) is 1. The summed E-state index contributed by atoms with van der Waals surface area (Å²) < 4.78 is 1.76. The fourth-order valence-electron chi connectivity index (χ4n) is 3.28. The Labute approximate surface area is 175 Å². The molecule has 0 saturated carbocycles. The first-order chi connectivity index (χ1) is 14.7. The van der Waals surface area contributed by atoms with Crippen molar-refractivity contribution >= 4 is 40.0 Å². The van der Waals surface area contributed by atoms with Gasteiger partial charge in [-0.25, -0.2) is 14.5 Å². The van der Waals surface area contributed by atoms with E-state index in [0.717, 1.165) is 27.3 Å². The lowest BCUT2D eigenvalue weighted by Crippen LogP contribution is -2.01. The molecule has 0 spiro atoms. The molecule has 146 valence electrons. The standard InChI is InChI=1S/C23H16N4O2S/c28-23(29)17(22-24-18-9-4-5-10-19(18)25-22)13-15-14-27(16-7-2-1-3-8-16)26-21(15)20-11-6-12-30-20/h1-14H,(H,24,25)(H,28,29). The highest BCUT2D eigenvalue weighted by molar-refractivity contribution is 7.13. The highest BCUT2D eigenvalue weighted by Crippen LogP contribution is 2.30. The number of imidazole rings is 1. The Morgan fingerprint density at radius 1 is 1.03 bits per heavy atom. The number of hydrogen-bond acceptors (Lipinski definition) is 4. The quantitative estimate of drug-likeness (QED) is 0.393. The third kappa shape index (κ3) is 3.31. The van der Waals surface area contributed by atoms with Crippen LogP contribution in [0.25, 0.3) is 38.9 Å². The number of H-pyrrole nitrogens is 1. The molecule has 0 radical (unpaired) electrons. The molecule has 30 heavy (non-hydrogen) atoms. The first-order valence-corrected chi connectivity index (χ1v) is 10.2. The van der Waals surface area contributed by atoms with Crippen molar-refractivity contribution in [2.24, 2.45) is 0 Å². The molecule has 5 rings (SSSR count). The van der Waals surface area contributed by atoms with E-state index in [1.807, 2.05) is 78.3 Å². The molecule has 0 atom stereocenters. The van der Waals surface area contributed by atoms with Crippen molar-refractivity contribution < 1.29 is 9.90 Å². The van der Waals surface area contributed by atoms with Gasteiger partial charge in [0.2, 0.25) is 0 Å². The van der Waals surface area contributed by atoms with E-state index in [0.29, 0.717) is 11.4 Å². The predicted molar refractivity (Wildman–Crippen MR) is 118 cm³/mol. The number of carbonyl (C=O) groups is 1. The van der Waals surface area contributed by atoms with Crippen molar-refractivity contribution in [1.82, 2.24) is 19.7 Å². The van der Waals surface area contributed by atoms with Crippen LogP contribution in [0.1, 0.15) is 11.4 Å². The van der Waals surface area contributed by atoms with Crippen LogP contribution in [0.3, 0.4) is 0 Å². The second-order valence-electron chi connectivity index (χ2n) is 6.66. The number of fused-ring (bicyclic) bond motifs is 1. The van der Waals surface area contributed by atoms with Crippen LogP contribution in [0.5, 0.6) is 0 Å². The van der Waals surface area contributed by atoms with Crippen LogP contribution in [0, 0.1) is 0 Å². The molecular formula is C23H16N4O2S. The van der Waals surface area contributed by atoms with Gasteiger partial charge in [0.25, 0.3) is 0 Å². The van der Waals surface area contributed by atoms with Crippen LogP contribution in [0.15, 0.2) is 78.3 Å². The zero-order valence-electron chi connectivity index (χ0n) is 15.7. The molecule has 0 aliphatic heterocycles. The van der Waals surface area contributed by atoms with Gasteiger partial charge in [0.15, 0.2) is 0 Å². The van der Waals surface area contributed by atoms with E-state index >= 15 is 0 Å². The third-order valence-corrected chi connectivity index (χ3v) is 5.57. The van der Waals surface area contributed by atoms with E-state index in [4.69, 9.17) is 5.10 Å². The van der Waals surface area contributed by atoms with Crippen LogP contribution >= 0.6 is 11.3 Å². The van der Waals surface area contributed by atoms with E-state index in [9.17, 15) is 9.90 Å². The molecule has 5 aromatic rings. The number of carboxylic acids is 1. The van der Waals surface area contributed by atoms with E-state index < -0.39 is 5.97 Å². The van der Waals surface area contributed by atoms with E-state index in [2.05, 4.69) is 9.97 Å². The zero-order valence-corrected chi connectivity index (χ0v) is 16.5. The van der Waals surface area contributed by atoms with Crippen LogP contribution in [0.4, 0.5) is 0 Å².